The van der Waals surface area contributed by atoms with Crippen LogP contribution in [0, 0.1) is 6.92 Å². The van der Waals surface area contributed by atoms with Crippen LogP contribution in [0.1, 0.15) is 50.3 Å². The molecule has 0 saturated carbocycles. The fourth-order valence-electron chi connectivity index (χ4n) is 4.51. The van der Waals surface area contributed by atoms with Crippen LogP contribution in [0.2, 0.25) is 0 Å². The summed E-state index contributed by atoms with van der Waals surface area (Å²) in [6.45, 7) is 5.99. The van der Waals surface area contributed by atoms with Gasteiger partial charge >= 0.3 is 0 Å². The van der Waals surface area contributed by atoms with E-state index in [2.05, 4.69) is 19.2 Å². The topological polar surface area (TPSA) is 84.9 Å². The van der Waals surface area contributed by atoms with E-state index in [-0.39, 0.29) is 24.1 Å². The fourth-order valence-corrected chi connectivity index (χ4v) is 5.41. The standard InChI is InChI=1S/C24H30N2O5S/c1-5-24(6-2)14-18(17-9-7-8-10-20(17)31-24)25-23(27)22-15-26(32(4,28)29)19-13-16(3)11-12-21(19)30-22/h7-13,18,22H,5-6,14-15H2,1-4H3,(H,25,27). The van der Waals surface area contributed by atoms with Gasteiger partial charge in [-0.25, -0.2) is 8.42 Å². The first-order valence-electron chi connectivity index (χ1n) is 11.0. The van der Waals surface area contributed by atoms with E-state index >= 15 is 0 Å². The molecule has 172 valence electrons. The minimum atomic E-state index is -3.58. The molecule has 0 fully saturated rings. The number of carbonyl (C=O) groups is 1. The molecule has 1 N–H and O–H groups in total. The number of amides is 1. The van der Waals surface area contributed by atoms with Crippen molar-refractivity contribution in [2.24, 2.45) is 0 Å². The number of fused-ring (bicyclic) bond motifs is 2. The molecule has 1 amide bonds. The molecule has 2 aromatic rings. The van der Waals surface area contributed by atoms with Gasteiger partial charge in [-0.2, -0.15) is 0 Å². The highest BCUT2D eigenvalue weighted by atomic mass is 32.2. The summed E-state index contributed by atoms with van der Waals surface area (Å²) in [5, 5.41) is 3.12. The maximum atomic E-state index is 13.3. The summed E-state index contributed by atoms with van der Waals surface area (Å²) in [4.78, 5) is 13.3. The molecule has 2 atom stereocenters. The van der Waals surface area contributed by atoms with Gasteiger partial charge < -0.3 is 14.8 Å². The maximum absolute atomic E-state index is 13.3. The first kappa shape index (κ1) is 22.5. The number of aryl methyl sites for hydroxylation is 1. The zero-order valence-corrected chi connectivity index (χ0v) is 19.7. The molecule has 0 spiro atoms. The van der Waals surface area contributed by atoms with Crippen LogP contribution in [0.3, 0.4) is 0 Å². The van der Waals surface area contributed by atoms with E-state index in [9.17, 15) is 13.2 Å². The van der Waals surface area contributed by atoms with Crippen molar-refractivity contribution >= 4 is 21.6 Å². The van der Waals surface area contributed by atoms with Crippen LogP contribution in [0.25, 0.3) is 0 Å². The number of hydrogen-bond acceptors (Lipinski definition) is 5. The second kappa shape index (κ2) is 8.31. The number of para-hydroxylation sites is 1. The van der Waals surface area contributed by atoms with Crippen molar-refractivity contribution in [1.82, 2.24) is 5.32 Å². The predicted octanol–water partition coefficient (Wildman–Crippen LogP) is 3.72. The van der Waals surface area contributed by atoms with Crippen molar-refractivity contribution in [3.63, 3.8) is 0 Å². The molecule has 2 aromatic carbocycles. The molecule has 2 aliphatic rings. The number of ether oxygens (including phenoxy) is 2. The van der Waals surface area contributed by atoms with Crippen LogP contribution in [-0.2, 0) is 14.8 Å². The van der Waals surface area contributed by atoms with Gasteiger partial charge in [0.2, 0.25) is 10.0 Å². The molecule has 2 aliphatic heterocycles. The average molecular weight is 459 g/mol. The first-order chi connectivity index (χ1) is 15.2. The number of hydrogen-bond donors (Lipinski definition) is 1. The quantitative estimate of drug-likeness (QED) is 0.738. The Morgan fingerprint density at radius 2 is 1.88 bits per heavy atom. The number of sulfonamides is 1. The number of nitrogens with zero attached hydrogens (tertiary/aromatic N) is 1. The minimum absolute atomic E-state index is 0.0707. The van der Waals surface area contributed by atoms with Crippen LogP contribution < -0.4 is 19.1 Å². The summed E-state index contributed by atoms with van der Waals surface area (Å²) in [5.41, 5.74) is 1.94. The third-order valence-corrected chi connectivity index (χ3v) is 7.63. The van der Waals surface area contributed by atoms with Crippen molar-refractivity contribution in [1.29, 1.82) is 0 Å². The van der Waals surface area contributed by atoms with E-state index in [1.165, 1.54) is 4.31 Å². The lowest BCUT2D eigenvalue weighted by atomic mass is 9.83. The monoisotopic (exact) mass is 458 g/mol. The number of nitrogens with one attached hydrogen (secondary N) is 1. The molecule has 8 heteroatoms. The Kier molecular flexibility index (Phi) is 5.83. The van der Waals surface area contributed by atoms with Gasteiger partial charge in [0.05, 0.1) is 24.5 Å². The molecule has 0 aliphatic carbocycles. The SMILES string of the molecule is CCC1(CC)CC(NC(=O)C2CN(S(C)(=O)=O)c3cc(C)ccc3O2)c2ccccc2O1. The molecule has 2 unspecified atom stereocenters. The number of benzene rings is 2. The predicted molar refractivity (Wildman–Crippen MR) is 124 cm³/mol. The van der Waals surface area contributed by atoms with Crippen LogP contribution in [0.4, 0.5) is 5.69 Å². The van der Waals surface area contributed by atoms with Gasteiger partial charge in [0.15, 0.2) is 6.10 Å². The Balaban J connectivity index is 1.62. The largest absolute Gasteiger partial charge is 0.487 e. The van der Waals surface area contributed by atoms with Crippen molar-refractivity contribution in [2.45, 2.75) is 57.8 Å². The van der Waals surface area contributed by atoms with E-state index < -0.39 is 16.1 Å². The molecular weight excluding hydrogens is 428 g/mol. The third kappa shape index (κ3) is 4.16. The van der Waals surface area contributed by atoms with E-state index in [0.717, 1.165) is 36.0 Å². The van der Waals surface area contributed by atoms with E-state index in [0.29, 0.717) is 17.9 Å². The van der Waals surface area contributed by atoms with Gasteiger partial charge in [-0.3, -0.25) is 9.10 Å². The van der Waals surface area contributed by atoms with Crippen molar-refractivity contribution in [3.05, 3.63) is 53.6 Å². The first-order valence-corrected chi connectivity index (χ1v) is 12.8. The lowest BCUT2D eigenvalue weighted by Crippen LogP contribution is -2.52. The minimum Gasteiger partial charge on any atom is -0.487 e. The van der Waals surface area contributed by atoms with Crippen molar-refractivity contribution in [2.75, 3.05) is 17.1 Å². The highest BCUT2D eigenvalue weighted by molar-refractivity contribution is 7.92. The van der Waals surface area contributed by atoms with Crippen LogP contribution in [0.5, 0.6) is 11.5 Å². The van der Waals surface area contributed by atoms with E-state index in [1.54, 1.807) is 12.1 Å². The zero-order valence-electron chi connectivity index (χ0n) is 18.9. The number of rotatable bonds is 5. The second-order valence-electron chi connectivity index (χ2n) is 8.67. The second-order valence-corrected chi connectivity index (χ2v) is 10.6. The van der Waals surface area contributed by atoms with E-state index in [4.69, 9.17) is 9.47 Å². The normalized spacial score (nSPS) is 21.6. The third-order valence-electron chi connectivity index (χ3n) is 6.48. The van der Waals surface area contributed by atoms with Crippen LogP contribution >= 0.6 is 0 Å². The molecule has 32 heavy (non-hydrogen) atoms. The van der Waals surface area contributed by atoms with Gasteiger partial charge in [0.1, 0.15) is 17.1 Å². The number of anilines is 1. The Bertz CT molecular complexity index is 1130. The van der Waals surface area contributed by atoms with Crippen molar-refractivity contribution in [3.8, 4) is 11.5 Å². The number of carbonyl (C=O) groups excluding carboxylic acids is 1. The summed E-state index contributed by atoms with van der Waals surface area (Å²) in [6, 6.07) is 12.8. The molecule has 0 saturated heterocycles. The molecule has 2 heterocycles. The molecule has 0 bridgehead atoms. The lowest BCUT2D eigenvalue weighted by molar-refractivity contribution is -0.129. The van der Waals surface area contributed by atoms with E-state index in [1.807, 2.05) is 37.3 Å². The highest BCUT2D eigenvalue weighted by Crippen LogP contribution is 2.43. The summed E-state index contributed by atoms with van der Waals surface area (Å²) >= 11 is 0. The van der Waals surface area contributed by atoms with Gasteiger partial charge in [0.25, 0.3) is 5.91 Å². The van der Waals surface area contributed by atoms with Gasteiger partial charge in [0, 0.05) is 12.0 Å². The molecule has 0 aromatic heterocycles. The maximum Gasteiger partial charge on any atom is 0.263 e. The van der Waals surface area contributed by atoms with Gasteiger partial charge in [-0.05, 0) is 43.5 Å². The Hall–Kier alpha value is -2.74. The van der Waals surface area contributed by atoms with Crippen LogP contribution in [-0.4, -0.2) is 38.8 Å². The van der Waals surface area contributed by atoms with Gasteiger partial charge in [-0.1, -0.05) is 38.1 Å². The highest BCUT2D eigenvalue weighted by Gasteiger charge is 2.41. The summed E-state index contributed by atoms with van der Waals surface area (Å²) in [6.07, 6.45) is 2.47. The molecular formula is C24H30N2O5S. The lowest BCUT2D eigenvalue weighted by Gasteiger charge is -2.42. The molecule has 0 radical (unpaired) electrons. The average Bonchev–Trinajstić information content (AvgIpc) is 2.77. The molecule has 7 nitrogen and oxygen atoms in total. The Labute approximate surface area is 189 Å². The fraction of sp³-hybridized carbons (Fsp3) is 0.458. The van der Waals surface area contributed by atoms with Crippen LogP contribution in [0.15, 0.2) is 42.5 Å². The summed E-state index contributed by atoms with van der Waals surface area (Å²) < 4.78 is 38.5. The molecule has 4 rings (SSSR count). The Morgan fingerprint density at radius 3 is 2.56 bits per heavy atom. The van der Waals surface area contributed by atoms with Crippen molar-refractivity contribution < 1.29 is 22.7 Å². The summed E-state index contributed by atoms with van der Waals surface area (Å²) in [5.74, 6) is 0.819. The Morgan fingerprint density at radius 1 is 1.16 bits per heavy atom. The smallest absolute Gasteiger partial charge is 0.263 e. The van der Waals surface area contributed by atoms with Gasteiger partial charge in [-0.15, -0.1) is 0 Å². The summed E-state index contributed by atoms with van der Waals surface area (Å²) in [7, 11) is -3.58. The zero-order chi connectivity index (χ0) is 23.1.